The Kier molecular flexibility index (Phi) is 3.27. The lowest BCUT2D eigenvalue weighted by molar-refractivity contribution is 0.0548. The maximum atomic E-state index is 12.9. The molecule has 1 aromatic heterocycles. The number of benzene rings is 1. The highest BCUT2D eigenvalue weighted by Crippen LogP contribution is 2.52. The maximum absolute atomic E-state index is 12.9. The van der Waals surface area contributed by atoms with Crippen LogP contribution < -0.4 is 10.2 Å². The van der Waals surface area contributed by atoms with E-state index in [0.717, 1.165) is 18.4 Å². The van der Waals surface area contributed by atoms with E-state index in [2.05, 4.69) is 6.92 Å². The van der Waals surface area contributed by atoms with Gasteiger partial charge in [-0.25, -0.2) is 0 Å². The van der Waals surface area contributed by atoms with E-state index < -0.39 is 0 Å². The van der Waals surface area contributed by atoms with E-state index in [1.807, 2.05) is 41.9 Å². The fourth-order valence-electron chi connectivity index (χ4n) is 3.71. The molecule has 0 bridgehead atoms. The molecular formula is C19H20N2O3. The predicted octanol–water partition coefficient (Wildman–Crippen LogP) is 2.61. The molecule has 5 nitrogen and oxygen atoms in total. The molecule has 1 fully saturated rings. The number of carbonyl (C=O) groups excluding carboxylic acids is 1. The first-order valence-corrected chi connectivity index (χ1v) is 8.24. The SMILES string of the molecule is CC1n2ccc(=O)c(OCc3ccccc3)c2C(=O)N(C)C12CC2. The van der Waals surface area contributed by atoms with Crippen LogP contribution in [0.2, 0.25) is 0 Å². The molecule has 2 aliphatic rings. The Labute approximate surface area is 140 Å². The molecule has 1 aromatic carbocycles. The van der Waals surface area contributed by atoms with Crippen molar-refractivity contribution in [3.63, 3.8) is 0 Å². The van der Waals surface area contributed by atoms with Gasteiger partial charge < -0.3 is 14.2 Å². The van der Waals surface area contributed by atoms with Crippen LogP contribution in [0, 0.1) is 0 Å². The fraction of sp³-hybridized carbons (Fsp3) is 0.368. The van der Waals surface area contributed by atoms with E-state index >= 15 is 0 Å². The second kappa shape index (κ2) is 5.23. The van der Waals surface area contributed by atoms with Gasteiger partial charge in [0.25, 0.3) is 5.91 Å². The van der Waals surface area contributed by atoms with Crippen LogP contribution in [0.25, 0.3) is 0 Å². The summed E-state index contributed by atoms with van der Waals surface area (Å²) in [4.78, 5) is 27.0. The van der Waals surface area contributed by atoms with Crippen LogP contribution in [-0.4, -0.2) is 28.0 Å². The topological polar surface area (TPSA) is 51.5 Å². The molecule has 1 aliphatic heterocycles. The van der Waals surface area contributed by atoms with Crippen molar-refractivity contribution in [2.24, 2.45) is 0 Å². The van der Waals surface area contributed by atoms with Gasteiger partial charge in [0.2, 0.25) is 5.43 Å². The Morgan fingerprint density at radius 1 is 1.17 bits per heavy atom. The largest absolute Gasteiger partial charge is 0.483 e. The number of ether oxygens (including phenoxy) is 1. The Morgan fingerprint density at radius 3 is 2.54 bits per heavy atom. The van der Waals surface area contributed by atoms with Gasteiger partial charge in [-0.05, 0) is 25.3 Å². The summed E-state index contributed by atoms with van der Waals surface area (Å²) < 4.78 is 7.71. The van der Waals surface area contributed by atoms with E-state index in [4.69, 9.17) is 4.74 Å². The van der Waals surface area contributed by atoms with Gasteiger partial charge in [-0.2, -0.15) is 0 Å². The maximum Gasteiger partial charge on any atom is 0.274 e. The summed E-state index contributed by atoms with van der Waals surface area (Å²) in [6.45, 7) is 2.37. The van der Waals surface area contributed by atoms with Gasteiger partial charge in [-0.1, -0.05) is 30.3 Å². The molecule has 1 spiro atoms. The smallest absolute Gasteiger partial charge is 0.274 e. The van der Waals surface area contributed by atoms with Crippen molar-refractivity contribution in [3.8, 4) is 5.75 Å². The van der Waals surface area contributed by atoms with Crippen molar-refractivity contribution in [1.29, 1.82) is 0 Å². The molecular weight excluding hydrogens is 304 g/mol. The quantitative estimate of drug-likeness (QED) is 0.872. The van der Waals surface area contributed by atoms with Crippen LogP contribution in [0.4, 0.5) is 0 Å². The van der Waals surface area contributed by atoms with Gasteiger partial charge in [0.15, 0.2) is 11.4 Å². The van der Waals surface area contributed by atoms with E-state index in [-0.39, 0.29) is 35.3 Å². The third-order valence-corrected chi connectivity index (χ3v) is 5.44. The molecule has 1 saturated carbocycles. The Morgan fingerprint density at radius 2 is 1.88 bits per heavy atom. The van der Waals surface area contributed by atoms with Gasteiger partial charge in [0, 0.05) is 19.3 Å². The number of rotatable bonds is 3. The minimum atomic E-state index is -0.252. The molecule has 1 aliphatic carbocycles. The van der Waals surface area contributed by atoms with Crippen molar-refractivity contribution in [3.05, 3.63) is 64.1 Å². The van der Waals surface area contributed by atoms with Crippen LogP contribution in [0.15, 0.2) is 47.4 Å². The summed E-state index contributed by atoms with van der Waals surface area (Å²) >= 11 is 0. The average Bonchev–Trinajstić information content (AvgIpc) is 3.40. The molecule has 1 amide bonds. The molecule has 4 rings (SSSR count). The number of hydrogen-bond acceptors (Lipinski definition) is 3. The molecule has 2 heterocycles. The molecule has 24 heavy (non-hydrogen) atoms. The van der Waals surface area contributed by atoms with Crippen LogP contribution >= 0.6 is 0 Å². The molecule has 2 aromatic rings. The normalized spacial score (nSPS) is 20.8. The summed E-state index contributed by atoms with van der Waals surface area (Å²) in [7, 11) is 1.83. The number of nitrogens with zero attached hydrogens (tertiary/aromatic N) is 2. The lowest BCUT2D eigenvalue weighted by Gasteiger charge is -2.41. The van der Waals surface area contributed by atoms with Gasteiger partial charge >= 0.3 is 0 Å². The number of carbonyl (C=O) groups is 1. The fourth-order valence-corrected chi connectivity index (χ4v) is 3.71. The van der Waals surface area contributed by atoms with Gasteiger partial charge in [0.1, 0.15) is 6.61 Å². The van der Waals surface area contributed by atoms with Crippen molar-refractivity contribution < 1.29 is 9.53 Å². The first-order chi connectivity index (χ1) is 11.5. The number of aromatic nitrogens is 1. The third kappa shape index (κ3) is 2.08. The number of hydrogen-bond donors (Lipinski definition) is 0. The lowest BCUT2D eigenvalue weighted by atomic mass is 10.0. The predicted molar refractivity (Wildman–Crippen MR) is 90.2 cm³/mol. The summed E-state index contributed by atoms with van der Waals surface area (Å²) in [6, 6.07) is 11.3. The molecule has 1 unspecified atom stereocenters. The zero-order chi connectivity index (χ0) is 16.9. The van der Waals surface area contributed by atoms with E-state index in [9.17, 15) is 9.59 Å². The van der Waals surface area contributed by atoms with Crippen molar-refractivity contribution in [1.82, 2.24) is 9.47 Å². The summed E-state index contributed by atoms with van der Waals surface area (Å²) in [5.41, 5.74) is 0.974. The van der Waals surface area contributed by atoms with E-state index in [0.29, 0.717) is 5.69 Å². The molecule has 124 valence electrons. The highest BCUT2D eigenvalue weighted by atomic mass is 16.5. The van der Waals surface area contributed by atoms with E-state index in [1.54, 1.807) is 11.1 Å². The van der Waals surface area contributed by atoms with Crippen molar-refractivity contribution in [2.45, 2.75) is 38.0 Å². The molecule has 5 heteroatoms. The first-order valence-electron chi connectivity index (χ1n) is 8.24. The monoisotopic (exact) mass is 324 g/mol. The molecule has 0 radical (unpaired) electrons. The lowest BCUT2D eigenvalue weighted by Crippen LogP contribution is -2.50. The minimum absolute atomic E-state index is 0.101. The summed E-state index contributed by atoms with van der Waals surface area (Å²) in [5.74, 6) is 0.0203. The zero-order valence-corrected chi connectivity index (χ0v) is 13.9. The summed E-state index contributed by atoms with van der Waals surface area (Å²) in [5, 5.41) is 0. The Balaban J connectivity index is 1.75. The second-order valence-corrected chi connectivity index (χ2v) is 6.68. The first kappa shape index (κ1) is 15.0. The number of likely N-dealkylation sites (N-methyl/N-ethyl adjacent to an activating group) is 1. The van der Waals surface area contributed by atoms with Gasteiger partial charge in [-0.3, -0.25) is 9.59 Å². The molecule has 0 N–H and O–H groups in total. The third-order valence-electron chi connectivity index (χ3n) is 5.44. The molecule has 1 atom stereocenters. The van der Waals surface area contributed by atoms with Crippen molar-refractivity contribution >= 4 is 5.91 Å². The van der Waals surface area contributed by atoms with Gasteiger partial charge in [-0.15, -0.1) is 0 Å². The number of amides is 1. The number of fused-ring (bicyclic) bond motifs is 1. The van der Waals surface area contributed by atoms with Crippen LogP contribution in [0.3, 0.4) is 0 Å². The standard InChI is InChI=1S/C19H20N2O3/c1-13-19(9-10-19)20(2)18(23)16-17(15(22)8-11-21(13)16)24-12-14-6-4-3-5-7-14/h3-8,11,13H,9-10,12H2,1-2H3. The van der Waals surface area contributed by atoms with Gasteiger partial charge in [0.05, 0.1) is 11.6 Å². The van der Waals surface area contributed by atoms with E-state index in [1.165, 1.54) is 6.07 Å². The highest BCUT2D eigenvalue weighted by molar-refractivity contribution is 5.97. The molecule has 0 saturated heterocycles. The number of pyridine rings is 1. The van der Waals surface area contributed by atoms with Crippen LogP contribution in [-0.2, 0) is 6.61 Å². The van der Waals surface area contributed by atoms with Crippen LogP contribution in [0.1, 0.15) is 41.9 Å². The Bertz CT molecular complexity index is 853. The van der Waals surface area contributed by atoms with Crippen molar-refractivity contribution in [2.75, 3.05) is 7.05 Å². The zero-order valence-electron chi connectivity index (χ0n) is 13.9. The van der Waals surface area contributed by atoms with Crippen LogP contribution in [0.5, 0.6) is 5.75 Å². The Hall–Kier alpha value is -2.56. The summed E-state index contributed by atoms with van der Waals surface area (Å²) in [6.07, 6.45) is 3.73. The minimum Gasteiger partial charge on any atom is -0.483 e. The average molecular weight is 324 g/mol. The second-order valence-electron chi connectivity index (χ2n) is 6.68. The highest BCUT2D eigenvalue weighted by Gasteiger charge is 2.57.